The molecule has 0 aromatic carbocycles. The van der Waals surface area contributed by atoms with Gasteiger partial charge >= 0.3 is 6.18 Å². The zero-order chi connectivity index (χ0) is 24.1. The van der Waals surface area contributed by atoms with Crippen LogP contribution in [0.15, 0.2) is 24.5 Å². The van der Waals surface area contributed by atoms with E-state index in [9.17, 15) is 18.0 Å². The molecule has 1 amide bonds. The average Bonchev–Trinajstić information content (AvgIpc) is 3.28. The van der Waals surface area contributed by atoms with E-state index in [1.165, 1.54) is 19.0 Å². The number of likely N-dealkylation sites (N-methyl/N-ethyl adjacent to an activating group) is 1. The molecule has 3 aromatic heterocycles. The van der Waals surface area contributed by atoms with Gasteiger partial charge in [0.1, 0.15) is 11.5 Å². The predicted molar refractivity (Wildman–Crippen MR) is 120 cm³/mol. The van der Waals surface area contributed by atoms with E-state index in [4.69, 9.17) is 0 Å². The summed E-state index contributed by atoms with van der Waals surface area (Å²) in [5, 5.41) is 3.11. The van der Waals surface area contributed by atoms with Crippen molar-refractivity contribution in [3.8, 4) is 11.5 Å². The Labute approximate surface area is 192 Å². The summed E-state index contributed by atoms with van der Waals surface area (Å²) in [6.45, 7) is 4.30. The quantitative estimate of drug-likeness (QED) is 0.602. The number of pyridine rings is 2. The minimum absolute atomic E-state index is 0.0194. The van der Waals surface area contributed by atoms with Crippen molar-refractivity contribution >= 4 is 34.1 Å². The Bertz CT molecular complexity index is 1220. The van der Waals surface area contributed by atoms with Crippen LogP contribution in [0.2, 0.25) is 0 Å². The number of carbonyl (C=O) groups is 1. The van der Waals surface area contributed by atoms with E-state index in [-0.39, 0.29) is 22.1 Å². The van der Waals surface area contributed by atoms with Crippen LogP contribution in [-0.4, -0.2) is 56.8 Å². The molecule has 33 heavy (non-hydrogen) atoms. The van der Waals surface area contributed by atoms with Crippen LogP contribution in [0.4, 0.5) is 29.8 Å². The molecule has 0 atom stereocenters. The Hall–Kier alpha value is -3.28. The lowest BCUT2D eigenvalue weighted by atomic mass is 10.00. The Morgan fingerprint density at radius 2 is 1.94 bits per heavy atom. The van der Waals surface area contributed by atoms with Gasteiger partial charge in [-0.1, -0.05) is 0 Å². The van der Waals surface area contributed by atoms with Crippen molar-refractivity contribution in [3.05, 3.63) is 41.2 Å². The highest BCUT2D eigenvalue weighted by Gasteiger charge is 2.34. The Morgan fingerprint density at radius 3 is 2.61 bits per heavy atom. The van der Waals surface area contributed by atoms with Crippen molar-refractivity contribution in [3.63, 3.8) is 0 Å². The van der Waals surface area contributed by atoms with Crippen LogP contribution in [0.25, 0.3) is 11.5 Å². The van der Waals surface area contributed by atoms with E-state index >= 15 is 0 Å². The molecule has 0 spiro atoms. The molecule has 8 nitrogen and oxygen atoms in total. The average molecular weight is 478 g/mol. The molecule has 1 aliphatic heterocycles. The van der Waals surface area contributed by atoms with Gasteiger partial charge in [0.15, 0.2) is 5.82 Å². The van der Waals surface area contributed by atoms with Gasteiger partial charge in [-0.3, -0.25) is 9.78 Å². The number of amides is 1. The number of hydrogen-bond acceptors (Lipinski definition) is 8. The molecule has 0 bridgehead atoms. The predicted octanol–water partition coefficient (Wildman–Crippen LogP) is 4.23. The molecule has 1 N–H and O–H groups in total. The third kappa shape index (κ3) is 4.34. The van der Waals surface area contributed by atoms with Crippen LogP contribution in [0.1, 0.15) is 35.3 Å². The van der Waals surface area contributed by atoms with Gasteiger partial charge in [-0.05, 0) is 38.0 Å². The molecular weight excluding hydrogens is 455 g/mol. The summed E-state index contributed by atoms with van der Waals surface area (Å²) < 4.78 is 43.7. The van der Waals surface area contributed by atoms with Crippen molar-refractivity contribution in [1.82, 2.24) is 24.2 Å². The zero-order valence-electron chi connectivity index (χ0n) is 18.7. The van der Waals surface area contributed by atoms with E-state index < -0.39 is 17.6 Å². The minimum Gasteiger partial charge on any atom is -0.368 e. The summed E-state index contributed by atoms with van der Waals surface area (Å²) in [4.78, 5) is 28.6. The molecule has 1 aliphatic rings. The van der Waals surface area contributed by atoms with Gasteiger partial charge in [0.05, 0.1) is 23.0 Å². The molecule has 0 radical (unpaired) electrons. The number of nitrogens with one attached hydrogen (secondary N) is 1. The molecule has 0 aliphatic carbocycles. The van der Waals surface area contributed by atoms with Gasteiger partial charge in [-0.15, -0.1) is 0 Å². The fourth-order valence-corrected chi connectivity index (χ4v) is 4.15. The third-order valence-electron chi connectivity index (χ3n) is 5.59. The Balaban J connectivity index is 1.63. The number of aromatic nitrogens is 4. The minimum atomic E-state index is -4.62. The van der Waals surface area contributed by atoms with Gasteiger partial charge in [0, 0.05) is 44.4 Å². The lowest BCUT2D eigenvalue weighted by molar-refractivity contribution is -0.137. The van der Waals surface area contributed by atoms with Gasteiger partial charge in [0.2, 0.25) is 5.13 Å². The second-order valence-corrected chi connectivity index (χ2v) is 9.36. The first-order valence-corrected chi connectivity index (χ1v) is 10.8. The van der Waals surface area contributed by atoms with E-state index in [2.05, 4.69) is 43.4 Å². The van der Waals surface area contributed by atoms with Gasteiger partial charge in [0.25, 0.3) is 5.91 Å². The van der Waals surface area contributed by atoms with Crippen molar-refractivity contribution < 1.29 is 18.0 Å². The SMILES string of the molecule is CN(C)C(=O)c1cc(C(F)(F)F)cnc1Nc1nc(-c2cc3c(cn2)N(C)C(C)(C)C3)ns1. The van der Waals surface area contributed by atoms with Crippen LogP contribution in [0, 0.1) is 0 Å². The molecule has 0 fully saturated rings. The molecular formula is C21H22F3N7OS. The number of hydrogen-bond donors (Lipinski definition) is 1. The lowest BCUT2D eigenvalue weighted by Crippen LogP contribution is -2.37. The van der Waals surface area contributed by atoms with Crippen LogP contribution in [0.5, 0.6) is 0 Å². The summed E-state index contributed by atoms with van der Waals surface area (Å²) in [7, 11) is 4.93. The standard InChI is InChI=1S/C21H22F3N7OS/c1-20(2)8-11-6-14(25-10-15(11)31(20)5)17-28-19(33-29-17)27-16-13(18(32)30(3)4)7-12(9-26-16)21(22,23)24/h6-7,9-10H,8H2,1-5H3,(H,26,27,28,29). The maximum Gasteiger partial charge on any atom is 0.417 e. The monoisotopic (exact) mass is 477 g/mol. The van der Waals surface area contributed by atoms with Gasteiger partial charge in [-0.2, -0.15) is 22.5 Å². The second-order valence-electron chi connectivity index (χ2n) is 8.61. The molecule has 0 saturated carbocycles. The van der Waals surface area contributed by atoms with Gasteiger partial charge in [-0.25, -0.2) is 4.98 Å². The van der Waals surface area contributed by atoms with E-state index in [1.807, 2.05) is 13.1 Å². The number of alkyl halides is 3. The molecule has 4 heterocycles. The first kappa shape index (κ1) is 22.9. The normalized spacial score (nSPS) is 14.8. The largest absolute Gasteiger partial charge is 0.417 e. The maximum absolute atomic E-state index is 13.1. The Morgan fingerprint density at radius 1 is 1.21 bits per heavy atom. The molecule has 12 heteroatoms. The number of halogens is 3. The summed E-state index contributed by atoms with van der Waals surface area (Å²) in [6.07, 6.45) is -1.30. The zero-order valence-corrected chi connectivity index (χ0v) is 19.5. The van der Waals surface area contributed by atoms with Crippen LogP contribution in [0.3, 0.4) is 0 Å². The molecule has 3 aromatic rings. The van der Waals surface area contributed by atoms with E-state index in [0.717, 1.165) is 35.3 Å². The fraction of sp³-hybridized carbons (Fsp3) is 0.381. The summed E-state index contributed by atoms with van der Waals surface area (Å²) >= 11 is 1.00. The first-order chi connectivity index (χ1) is 15.4. The smallest absolute Gasteiger partial charge is 0.368 e. The summed E-state index contributed by atoms with van der Waals surface area (Å²) in [6, 6.07) is 2.73. The van der Waals surface area contributed by atoms with Crippen molar-refractivity contribution in [2.24, 2.45) is 0 Å². The summed E-state index contributed by atoms with van der Waals surface area (Å²) in [5.41, 5.74) is 1.54. The maximum atomic E-state index is 13.1. The van der Waals surface area contributed by atoms with E-state index in [0.29, 0.717) is 17.7 Å². The molecule has 0 saturated heterocycles. The topological polar surface area (TPSA) is 87.1 Å². The Kier molecular flexibility index (Phi) is 5.51. The number of fused-ring (bicyclic) bond motifs is 1. The fourth-order valence-electron chi connectivity index (χ4n) is 3.57. The first-order valence-electron chi connectivity index (χ1n) is 9.99. The second kappa shape index (κ2) is 7.94. The van der Waals surface area contributed by atoms with Crippen molar-refractivity contribution in [1.29, 1.82) is 0 Å². The van der Waals surface area contributed by atoms with E-state index in [1.54, 1.807) is 6.20 Å². The highest BCUT2D eigenvalue weighted by Crippen LogP contribution is 2.38. The highest BCUT2D eigenvalue weighted by atomic mass is 32.1. The third-order valence-corrected chi connectivity index (χ3v) is 6.22. The van der Waals surface area contributed by atoms with Gasteiger partial charge < -0.3 is 15.1 Å². The van der Waals surface area contributed by atoms with Crippen LogP contribution >= 0.6 is 11.5 Å². The van der Waals surface area contributed by atoms with Crippen molar-refractivity contribution in [2.75, 3.05) is 31.4 Å². The highest BCUT2D eigenvalue weighted by molar-refractivity contribution is 7.09. The number of carbonyl (C=O) groups excluding carboxylic acids is 1. The van der Waals surface area contributed by atoms with Crippen LogP contribution in [-0.2, 0) is 12.6 Å². The number of rotatable bonds is 4. The molecule has 0 unspecified atom stereocenters. The van der Waals surface area contributed by atoms with Crippen molar-refractivity contribution in [2.45, 2.75) is 32.0 Å². The number of anilines is 3. The number of nitrogens with zero attached hydrogens (tertiary/aromatic N) is 6. The lowest BCUT2D eigenvalue weighted by Gasteiger charge is -2.29. The molecule has 174 valence electrons. The van der Waals surface area contributed by atoms with Crippen LogP contribution < -0.4 is 10.2 Å². The molecule has 4 rings (SSSR count). The summed E-state index contributed by atoms with van der Waals surface area (Å²) in [5.74, 6) is -0.271.